The second-order valence-electron chi connectivity index (χ2n) is 5.79. The normalized spacial score (nSPS) is 17.2. The highest BCUT2D eigenvalue weighted by Gasteiger charge is 2.43. The van der Waals surface area contributed by atoms with Gasteiger partial charge in [0.15, 0.2) is 0 Å². The van der Waals surface area contributed by atoms with E-state index in [1.807, 2.05) is 6.07 Å². The highest BCUT2D eigenvalue weighted by atomic mass is 35.5. The van der Waals surface area contributed by atoms with E-state index >= 15 is 0 Å². The molecule has 8 heteroatoms. The Morgan fingerprint density at radius 3 is 2.80 bits per heavy atom. The molecule has 4 nitrogen and oxygen atoms in total. The van der Waals surface area contributed by atoms with Crippen molar-refractivity contribution in [2.24, 2.45) is 5.92 Å². The third-order valence-corrected chi connectivity index (χ3v) is 4.44. The maximum absolute atomic E-state index is 12.7. The Balaban J connectivity index is 1.88. The van der Waals surface area contributed by atoms with Gasteiger partial charge < -0.3 is 10.6 Å². The first kappa shape index (κ1) is 17.5. The summed E-state index contributed by atoms with van der Waals surface area (Å²) in [6, 6.07) is 6.95. The quantitative estimate of drug-likeness (QED) is 0.831. The number of benzene rings is 1. The number of halogens is 4. The number of nitrogens with one attached hydrogen (secondary N) is 2. The van der Waals surface area contributed by atoms with Gasteiger partial charge in [0, 0.05) is 29.9 Å². The molecule has 0 aliphatic carbocycles. The Bertz CT molecular complexity index is 781. The molecular weight excluding hydrogens is 355 g/mol. The van der Waals surface area contributed by atoms with E-state index in [4.69, 9.17) is 11.6 Å². The Morgan fingerprint density at radius 2 is 2.12 bits per heavy atom. The average molecular weight is 370 g/mol. The van der Waals surface area contributed by atoms with Gasteiger partial charge in [0.25, 0.3) is 0 Å². The number of nitrogens with zero attached hydrogens (tertiary/aromatic N) is 1. The maximum atomic E-state index is 12.7. The number of ketones is 1. The molecular formula is C17H15ClF3N3O. The predicted molar refractivity (Wildman–Crippen MR) is 90.3 cm³/mol. The molecule has 1 aromatic heterocycles. The zero-order valence-electron chi connectivity index (χ0n) is 13.0. The highest BCUT2D eigenvalue weighted by molar-refractivity contribution is 6.33. The average Bonchev–Trinajstić information content (AvgIpc) is 2.79. The van der Waals surface area contributed by atoms with Gasteiger partial charge >= 0.3 is 6.18 Å². The molecule has 1 aliphatic heterocycles. The number of carbonyl (C=O) groups excluding carboxylic acids is 1. The van der Waals surface area contributed by atoms with Crippen molar-refractivity contribution < 1.29 is 18.0 Å². The number of Topliss-reactive ketones (excluding diaryl/α,β-unsaturated/α-hetero) is 1. The van der Waals surface area contributed by atoms with Crippen LogP contribution in [0, 0.1) is 5.92 Å². The van der Waals surface area contributed by atoms with E-state index in [-0.39, 0.29) is 13.0 Å². The first-order valence-electron chi connectivity index (χ1n) is 7.69. The largest absolute Gasteiger partial charge is 0.450 e. The second kappa shape index (κ2) is 6.92. The number of pyridine rings is 1. The van der Waals surface area contributed by atoms with E-state index in [1.54, 1.807) is 30.6 Å². The molecule has 0 amide bonds. The van der Waals surface area contributed by atoms with Crippen molar-refractivity contribution >= 4 is 34.4 Å². The van der Waals surface area contributed by atoms with Gasteiger partial charge in [0.2, 0.25) is 5.78 Å². The van der Waals surface area contributed by atoms with Crippen molar-refractivity contribution in [1.82, 2.24) is 4.98 Å². The van der Waals surface area contributed by atoms with E-state index in [0.29, 0.717) is 28.5 Å². The lowest BCUT2D eigenvalue weighted by molar-refractivity contribution is -0.175. The van der Waals surface area contributed by atoms with Gasteiger partial charge in [-0.05, 0) is 37.1 Å². The molecule has 1 atom stereocenters. The van der Waals surface area contributed by atoms with Crippen molar-refractivity contribution in [2.45, 2.75) is 19.0 Å². The van der Waals surface area contributed by atoms with E-state index in [1.165, 1.54) is 0 Å². The van der Waals surface area contributed by atoms with E-state index in [2.05, 4.69) is 15.6 Å². The number of rotatable bonds is 3. The molecule has 1 aliphatic rings. The Hall–Kier alpha value is -2.28. The maximum Gasteiger partial charge on any atom is 0.450 e. The van der Waals surface area contributed by atoms with Crippen LogP contribution < -0.4 is 10.6 Å². The second-order valence-corrected chi connectivity index (χ2v) is 6.20. The predicted octanol–water partition coefficient (Wildman–Crippen LogP) is 4.58. The molecule has 0 spiro atoms. The Kier molecular flexibility index (Phi) is 4.85. The number of fused-ring (bicyclic) bond motifs is 1. The monoisotopic (exact) mass is 369 g/mol. The van der Waals surface area contributed by atoms with Crippen LogP contribution in [0.4, 0.5) is 30.2 Å². The van der Waals surface area contributed by atoms with Crippen LogP contribution in [0.15, 0.2) is 36.7 Å². The van der Waals surface area contributed by atoms with Crippen molar-refractivity contribution in [2.75, 3.05) is 17.2 Å². The third kappa shape index (κ3) is 3.87. The summed E-state index contributed by atoms with van der Waals surface area (Å²) >= 11 is 6.28. The number of hydrogen-bond acceptors (Lipinski definition) is 4. The lowest BCUT2D eigenvalue weighted by atomic mass is 9.96. The minimum absolute atomic E-state index is 0.0562. The Morgan fingerprint density at radius 1 is 1.32 bits per heavy atom. The van der Waals surface area contributed by atoms with Gasteiger partial charge in [0.1, 0.15) is 0 Å². The molecule has 2 N–H and O–H groups in total. The summed E-state index contributed by atoms with van der Waals surface area (Å²) in [4.78, 5) is 15.6. The Labute approximate surface area is 147 Å². The molecule has 1 aromatic carbocycles. The van der Waals surface area contributed by atoms with Crippen molar-refractivity contribution in [3.8, 4) is 0 Å². The van der Waals surface area contributed by atoms with Gasteiger partial charge in [-0.3, -0.25) is 9.78 Å². The first-order chi connectivity index (χ1) is 11.9. The molecule has 0 bridgehead atoms. The van der Waals surface area contributed by atoms with Crippen LogP contribution in [0.2, 0.25) is 5.02 Å². The first-order valence-corrected chi connectivity index (χ1v) is 8.07. The van der Waals surface area contributed by atoms with Crippen molar-refractivity contribution in [3.63, 3.8) is 0 Å². The molecule has 0 fully saturated rings. The number of alkyl halides is 3. The van der Waals surface area contributed by atoms with Crippen LogP contribution in [0.3, 0.4) is 0 Å². The summed E-state index contributed by atoms with van der Waals surface area (Å²) in [7, 11) is 0. The lowest BCUT2D eigenvalue weighted by Gasteiger charge is -2.16. The lowest BCUT2D eigenvalue weighted by Crippen LogP contribution is -2.34. The van der Waals surface area contributed by atoms with E-state index in [0.717, 1.165) is 5.56 Å². The fraction of sp³-hybridized carbons (Fsp3) is 0.294. The standard InChI is InChI=1S/C17H15ClF3N3O/c18-13-5-6-14-12(15(13)24-11-2-1-7-22-9-11)4-3-10(8-23-14)16(25)17(19,20)21/h1-2,5-7,9-10,23-24H,3-4,8H2. The summed E-state index contributed by atoms with van der Waals surface area (Å²) in [6.45, 7) is -0.0562. The molecule has 25 heavy (non-hydrogen) atoms. The topological polar surface area (TPSA) is 54.0 Å². The minimum atomic E-state index is -4.82. The van der Waals surface area contributed by atoms with Crippen molar-refractivity contribution in [1.29, 1.82) is 0 Å². The SMILES string of the molecule is O=C(C1CCc2c(ccc(Cl)c2Nc2cccnc2)NC1)C(F)(F)F. The molecule has 0 saturated carbocycles. The molecule has 1 unspecified atom stereocenters. The van der Waals surface area contributed by atoms with E-state index < -0.39 is 17.9 Å². The number of hydrogen-bond donors (Lipinski definition) is 2. The van der Waals surface area contributed by atoms with Gasteiger partial charge in [-0.1, -0.05) is 11.6 Å². The van der Waals surface area contributed by atoms with Gasteiger partial charge in [-0.15, -0.1) is 0 Å². The molecule has 0 saturated heterocycles. The molecule has 132 valence electrons. The van der Waals surface area contributed by atoms with Crippen LogP contribution >= 0.6 is 11.6 Å². The van der Waals surface area contributed by atoms with Crippen molar-refractivity contribution in [3.05, 3.63) is 47.2 Å². The van der Waals surface area contributed by atoms with Crippen LogP contribution in [-0.2, 0) is 11.2 Å². The zero-order valence-corrected chi connectivity index (χ0v) is 13.8. The van der Waals surface area contributed by atoms with Crippen LogP contribution in [0.25, 0.3) is 0 Å². The minimum Gasteiger partial charge on any atom is -0.384 e. The molecule has 3 rings (SSSR count). The number of aromatic nitrogens is 1. The summed E-state index contributed by atoms with van der Waals surface area (Å²) in [6.07, 6.45) is -1.17. The summed E-state index contributed by atoms with van der Waals surface area (Å²) in [5.41, 5.74) is 2.76. The van der Waals surface area contributed by atoms with Gasteiger partial charge in [0.05, 0.1) is 22.6 Å². The van der Waals surface area contributed by atoms with Gasteiger partial charge in [-0.2, -0.15) is 13.2 Å². The molecule has 0 radical (unpaired) electrons. The summed E-state index contributed by atoms with van der Waals surface area (Å²) in [5, 5.41) is 6.56. The van der Waals surface area contributed by atoms with Crippen LogP contribution in [0.5, 0.6) is 0 Å². The van der Waals surface area contributed by atoms with Crippen LogP contribution in [-0.4, -0.2) is 23.5 Å². The fourth-order valence-electron chi connectivity index (χ4n) is 2.87. The summed E-state index contributed by atoms with van der Waals surface area (Å²) < 4.78 is 38.1. The van der Waals surface area contributed by atoms with E-state index in [9.17, 15) is 18.0 Å². The van der Waals surface area contributed by atoms with Gasteiger partial charge in [-0.25, -0.2) is 0 Å². The summed E-state index contributed by atoms with van der Waals surface area (Å²) in [5.74, 6) is -2.81. The molecule has 2 heterocycles. The molecule has 2 aromatic rings. The van der Waals surface area contributed by atoms with Crippen LogP contribution in [0.1, 0.15) is 12.0 Å². The number of carbonyl (C=O) groups is 1. The smallest absolute Gasteiger partial charge is 0.384 e. The number of anilines is 3. The highest BCUT2D eigenvalue weighted by Crippen LogP contribution is 2.38. The third-order valence-electron chi connectivity index (χ3n) is 4.12. The fourth-order valence-corrected chi connectivity index (χ4v) is 3.09. The zero-order chi connectivity index (χ0) is 18.0.